The fourth-order valence-electron chi connectivity index (χ4n) is 3.74. The summed E-state index contributed by atoms with van der Waals surface area (Å²) in [4.78, 5) is 20.8. The first-order chi connectivity index (χ1) is 13.3. The standard InChI is InChI=1S/C22H26N2OS2/c1-2-3-14-24-21(25)19-17-12-8-5-9-13-18(17)27-20(19)23-22(24)26-15-16-10-6-4-7-11-16/h4,6-7,10-11H,2-3,5,8-9,12-15H2,1H3. The lowest BCUT2D eigenvalue weighted by Gasteiger charge is -2.12. The van der Waals surface area contributed by atoms with Crippen molar-refractivity contribution in [3.8, 4) is 0 Å². The van der Waals surface area contributed by atoms with Gasteiger partial charge in [-0.1, -0.05) is 61.9 Å². The van der Waals surface area contributed by atoms with Gasteiger partial charge in [-0.25, -0.2) is 4.98 Å². The zero-order chi connectivity index (χ0) is 18.6. The number of rotatable bonds is 6. The van der Waals surface area contributed by atoms with Gasteiger partial charge in [0.05, 0.1) is 5.39 Å². The molecule has 2 heterocycles. The Labute approximate surface area is 168 Å². The summed E-state index contributed by atoms with van der Waals surface area (Å²) in [5, 5.41) is 1.79. The number of benzene rings is 1. The molecule has 3 aromatic rings. The fraction of sp³-hybridized carbons (Fsp3) is 0.455. The molecule has 0 amide bonds. The van der Waals surface area contributed by atoms with E-state index >= 15 is 0 Å². The van der Waals surface area contributed by atoms with Crippen LogP contribution in [-0.4, -0.2) is 9.55 Å². The highest BCUT2D eigenvalue weighted by Crippen LogP contribution is 2.34. The predicted octanol–water partition coefficient (Wildman–Crippen LogP) is 5.82. The lowest BCUT2D eigenvalue weighted by molar-refractivity contribution is 0.558. The van der Waals surface area contributed by atoms with Gasteiger partial charge >= 0.3 is 0 Å². The van der Waals surface area contributed by atoms with Gasteiger partial charge in [0.15, 0.2) is 5.16 Å². The SMILES string of the molecule is CCCCn1c(SCc2ccccc2)nc2sc3c(c2c1=O)CCCCC3. The van der Waals surface area contributed by atoms with Crippen LogP contribution < -0.4 is 5.56 Å². The summed E-state index contributed by atoms with van der Waals surface area (Å²) in [5.74, 6) is 0.843. The summed E-state index contributed by atoms with van der Waals surface area (Å²) in [7, 11) is 0. The van der Waals surface area contributed by atoms with Gasteiger partial charge in [0.25, 0.3) is 5.56 Å². The number of aryl methyl sites for hydroxylation is 2. The van der Waals surface area contributed by atoms with Gasteiger partial charge in [0.1, 0.15) is 4.83 Å². The summed E-state index contributed by atoms with van der Waals surface area (Å²) >= 11 is 3.45. The van der Waals surface area contributed by atoms with Gasteiger partial charge in [-0.05, 0) is 43.2 Å². The molecule has 1 aromatic carbocycles. The van der Waals surface area contributed by atoms with E-state index in [0.29, 0.717) is 0 Å². The van der Waals surface area contributed by atoms with E-state index in [4.69, 9.17) is 4.98 Å². The smallest absolute Gasteiger partial charge is 0.263 e. The number of hydrogen-bond donors (Lipinski definition) is 0. The van der Waals surface area contributed by atoms with Crippen LogP contribution in [0.2, 0.25) is 0 Å². The highest BCUT2D eigenvalue weighted by atomic mass is 32.2. The highest BCUT2D eigenvalue weighted by molar-refractivity contribution is 7.98. The molecule has 0 fully saturated rings. The molecule has 5 heteroatoms. The van der Waals surface area contributed by atoms with E-state index in [1.54, 1.807) is 23.1 Å². The predicted molar refractivity (Wildman–Crippen MR) is 116 cm³/mol. The third-order valence-corrected chi connectivity index (χ3v) is 7.47. The van der Waals surface area contributed by atoms with Crippen molar-refractivity contribution in [3.63, 3.8) is 0 Å². The van der Waals surface area contributed by atoms with Crippen molar-refractivity contribution < 1.29 is 0 Å². The van der Waals surface area contributed by atoms with E-state index in [-0.39, 0.29) is 5.56 Å². The summed E-state index contributed by atoms with van der Waals surface area (Å²) in [6, 6.07) is 10.4. The highest BCUT2D eigenvalue weighted by Gasteiger charge is 2.21. The van der Waals surface area contributed by atoms with Gasteiger partial charge in [-0.15, -0.1) is 11.3 Å². The van der Waals surface area contributed by atoms with E-state index in [1.165, 1.54) is 35.3 Å². The maximum atomic E-state index is 13.4. The Hall–Kier alpha value is -1.59. The van der Waals surface area contributed by atoms with Crippen molar-refractivity contribution in [2.75, 3.05) is 0 Å². The van der Waals surface area contributed by atoms with Gasteiger partial charge in [-0.3, -0.25) is 9.36 Å². The molecule has 4 rings (SSSR count). The molecule has 0 spiro atoms. The zero-order valence-electron chi connectivity index (χ0n) is 15.9. The molecule has 1 aliphatic rings. The third-order valence-electron chi connectivity index (χ3n) is 5.24. The number of aromatic nitrogens is 2. The van der Waals surface area contributed by atoms with Crippen LogP contribution in [0.3, 0.4) is 0 Å². The molecule has 0 saturated heterocycles. The molecule has 2 aromatic heterocycles. The van der Waals surface area contributed by atoms with Crippen LogP contribution in [-0.2, 0) is 25.1 Å². The van der Waals surface area contributed by atoms with Gasteiger partial charge in [0.2, 0.25) is 0 Å². The Morgan fingerprint density at radius 1 is 1.15 bits per heavy atom. The molecule has 0 radical (unpaired) electrons. The van der Waals surface area contributed by atoms with Crippen LogP contribution in [0.1, 0.15) is 55.0 Å². The number of thiophene rings is 1. The first-order valence-corrected chi connectivity index (χ1v) is 11.8. The average Bonchev–Trinajstić information content (AvgIpc) is 2.88. The summed E-state index contributed by atoms with van der Waals surface area (Å²) in [6.45, 7) is 2.93. The quantitative estimate of drug-likeness (QED) is 0.298. The third kappa shape index (κ3) is 3.99. The van der Waals surface area contributed by atoms with Crippen LogP contribution in [0.5, 0.6) is 0 Å². The van der Waals surface area contributed by atoms with Crippen LogP contribution in [0.15, 0.2) is 40.3 Å². The molecule has 1 aliphatic carbocycles. The van der Waals surface area contributed by atoms with Crippen molar-refractivity contribution >= 4 is 33.3 Å². The summed E-state index contributed by atoms with van der Waals surface area (Å²) < 4.78 is 1.94. The summed E-state index contributed by atoms with van der Waals surface area (Å²) in [6.07, 6.45) is 7.93. The minimum atomic E-state index is 0.184. The normalized spacial score (nSPS) is 14.3. The number of nitrogens with zero attached hydrogens (tertiary/aromatic N) is 2. The Morgan fingerprint density at radius 2 is 1.96 bits per heavy atom. The molecule has 0 atom stereocenters. The molecular weight excluding hydrogens is 372 g/mol. The second-order valence-corrected chi connectivity index (χ2v) is 9.25. The average molecular weight is 399 g/mol. The Kier molecular flexibility index (Phi) is 5.98. The Balaban J connectivity index is 1.76. The van der Waals surface area contributed by atoms with Crippen LogP contribution in [0.25, 0.3) is 10.2 Å². The van der Waals surface area contributed by atoms with Crippen molar-refractivity contribution in [3.05, 3.63) is 56.7 Å². The van der Waals surface area contributed by atoms with E-state index < -0.39 is 0 Å². The largest absolute Gasteiger partial charge is 0.287 e. The first-order valence-electron chi connectivity index (χ1n) is 9.99. The lowest BCUT2D eigenvalue weighted by atomic mass is 10.1. The van der Waals surface area contributed by atoms with Crippen LogP contribution >= 0.6 is 23.1 Å². The maximum absolute atomic E-state index is 13.4. The van der Waals surface area contributed by atoms with E-state index in [9.17, 15) is 4.79 Å². The molecule has 3 nitrogen and oxygen atoms in total. The van der Waals surface area contributed by atoms with Gasteiger partial charge < -0.3 is 0 Å². The van der Waals surface area contributed by atoms with Crippen molar-refractivity contribution in [1.82, 2.24) is 9.55 Å². The van der Waals surface area contributed by atoms with Gasteiger partial charge in [0, 0.05) is 17.2 Å². The first kappa shape index (κ1) is 18.8. The molecule has 0 aliphatic heterocycles. The number of thioether (sulfide) groups is 1. The molecule has 27 heavy (non-hydrogen) atoms. The number of fused-ring (bicyclic) bond motifs is 3. The summed E-state index contributed by atoms with van der Waals surface area (Å²) in [5.41, 5.74) is 2.75. The van der Waals surface area contributed by atoms with Crippen LogP contribution in [0.4, 0.5) is 0 Å². The van der Waals surface area contributed by atoms with E-state index in [1.807, 2.05) is 10.6 Å². The maximum Gasteiger partial charge on any atom is 0.263 e. The van der Waals surface area contributed by atoms with E-state index in [2.05, 4.69) is 31.2 Å². The zero-order valence-corrected chi connectivity index (χ0v) is 17.5. The minimum absolute atomic E-state index is 0.184. The fourth-order valence-corrected chi connectivity index (χ4v) is 6.03. The second-order valence-electron chi connectivity index (χ2n) is 7.22. The van der Waals surface area contributed by atoms with Crippen LogP contribution in [0, 0.1) is 0 Å². The number of hydrogen-bond acceptors (Lipinski definition) is 4. The lowest BCUT2D eigenvalue weighted by Crippen LogP contribution is -2.23. The topological polar surface area (TPSA) is 34.9 Å². The van der Waals surface area contributed by atoms with E-state index in [0.717, 1.165) is 53.4 Å². The van der Waals surface area contributed by atoms with Gasteiger partial charge in [-0.2, -0.15) is 0 Å². The van der Waals surface area contributed by atoms with Crippen molar-refractivity contribution in [1.29, 1.82) is 0 Å². The minimum Gasteiger partial charge on any atom is -0.287 e. The molecule has 142 valence electrons. The molecule has 0 N–H and O–H groups in total. The van der Waals surface area contributed by atoms with Crippen molar-refractivity contribution in [2.24, 2.45) is 0 Å². The Bertz CT molecular complexity index is 975. The molecular formula is C22H26N2OS2. The second kappa shape index (κ2) is 8.61. The molecule has 0 bridgehead atoms. The number of unbranched alkanes of at least 4 members (excludes halogenated alkanes) is 1. The van der Waals surface area contributed by atoms with Crippen molar-refractivity contribution in [2.45, 2.75) is 69.3 Å². The molecule has 0 unspecified atom stereocenters. The monoisotopic (exact) mass is 398 g/mol. The Morgan fingerprint density at radius 3 is 2.78 bits per heavy atom. The molecule has 0 saturated carbocycles.